The Morgan fingerprint density at radius 2 is 1.86 bits per heavy atom. The lowest BCUT2D eigenvalue weighted by Gasteiger charge is -2.22. The van der Waals surface area contributed by atoms with Crippen molar-refractivity contribution in [3.63, 3.8) is 0 Å². The number of guanidine groups is 1. The highest BCUT2D eigenvalue weighted by molar-refractivity contribution is 7.80. The van der Waals surface area contributed by atoms with E-state index in [-0.39, 0.29) is 18.1 Å². The molecule has 1 radical (unpaired) electrons. The molecule has 0 unspecified atom stereocenters. The number of thiol groups is 1. The largest absolute Gasteiger partial charge is 0.370 e. The number of nitrogens with two attached hydrogens (primary N) is 2. The SMILES string of the molecule is N=C(N)NCCC[C@H](NC(=O)[C@@H](N)Cc1ccccc1)C(=O)N[C@H]([C]=O)CS. The summed E-state index contributed by atoms with van der Waals surface area (Å²) >= 11 is 3.97. The van der Waals surface area contributed by atoms with Gasteiger partial charge in [-0.15, -0.1) is 0 Å². The van der Waals surface area contributed by atoms with Crippen molar-refractivity contribution in [3.05, 3.63) is 35.9 Å². The molecular formula is C18H27N6O3S. The van der Waals surface area contributed by atoms with E-state index in [1.165, 1.54) is 0 Å². The summed E-state index contributed by atoms with van der Waals surface area (Å²) in [7, 11) is 0. The summed E-state index contributed by atoms with van der Waals surface area (Å²) in [6, 6.07) is 6.71. The van der Waals surface area contributed by atoms with Gasteiger partial charge in [0.25, 0.3) is 0 Å². The van der Waals surface area contributed by atoms with Crippen LogP contribution in [0.5, 0.6) is 0 Å². The van der Waals surface area contributed by atoms with E-state index in [9.17, 15) is 14.4 Å². The van der Waals surface area contributed by atoms with E-state index >= 15 is 0 Å². The zero-order valence-corrected chi connectivity index (χ0v) is 16.4. The summed E-state index contributed by atoms with van der Waals surface area (Å²) in [6.07, 6.45) is 2.74. The second-order valence-electron chi connectivity index (χ2n) is 6.20. The van der Waals surface area contributed by atoms with Crippen molar-refractivity contribution < 1.29 is 14.4 Å². The molecule has 2 amide bonds. The lowest BCUT2D eigenvalue weighted by molar-refractivity contribution is -0.129. The lowest BCUT2D eigenvalue weighted by Crippen LogP contribution is -2.54. The highest BCUT2D eigenvalue weighted by Crippen LogP contribution is 2.04. The molecule has 0 aliphatic rings. The lowest BCUT2D eigenvalue weighted by atomic mass is 10.0. The molecule has 0 aliphatic carbocycles. The van der Waals surface area contributed by atoms with Gasteiger partial charge in [0.2, 0.25) is 18.1 Å². The first kappa shape index (κ1) is 23.4. The minimum atomic E-state index is -0.890. The molecule has 1 aromatic carbocycles. The van der Waals surface area contributed by atoms with Crippen molar-refractivity contribution in [1.82, 2.24) is 16.0 Å². The van der Waals surface area contributed by atoms with Crippen LogP contribution in [0.3, 0.4) is 0 Å². The fourth-order valence-electron chi connectivity index (χ4n) is 2.42. The minimum Gasteiger partial charge on any atom is -0.370 e. The van der Waals surface area contributed by atoms with Crippen molar-refractivity contribution >= 4 is 36.7 Å². The number of carbonyl (C=O) groups excluding carboxylic acids is 3. The zero-order chi connectivity index (χ0) is 20.9. The van der Waals surface area contributed by atoms with E-state index in [0.717, 1.165) is 5.56 Å². The molecular weight excluding hydrogens is 380 g/mol. The van der Waals surface area contributed by atoms with Crippen LogP contribution in [-0.4, -0.2) is 54.5 Å². The summed E-state index contributed by atoms with van der Waals surface area (Å²) in [5.41, 5.74) is 12.1. The molecule has 0 saturated heterocycles. The topological polar surface area (TPSA) is 163 Å². The van der Waals surface area contributed by atoms with Crippen LogP contribution in [0.15, 0.2) is 30.3 Å². The summed E-state index contributed by atoms with van der Waals surface area (Å²) in [6.45, 7) is 0.362. The molecule has 3 atom stereocenters. The molecule has 0 fully saturated rings. The van der Waals surface area contributed by atoms with Gasteiger partial charge in [-0.2, -0.15) is 12.6 Å². The maximum absolute atomic E-state index is 12.4. The van der Waals surface area contributed by atoms with Crippen molar-refractivity contribution in [2.45, 2.75) is 37.4 Å². The third-order valence-electron chi connectivity index (χ3n) is 3.89. The fraction of sp³-hybridized carbons (Fsp3) is 0.444. The minimum absolute atomic E-state index is 0.0926. The van der Waals surface area contributed by atoms with Crippen LogP contribution < -0.4 is 27.4 Å². The molecule has 0 bridgehead atoms. The Hall–Kier alpha value is -2.59. The molecule has 28 heavy (non-hydrogen) atoms. The van der Waals surface area contributed by atoms with Crippen molar-refractivity contribution in [2.24, 2.45) is 11.5 Å². The summed E-state index contributed by atoms with van der Waals surface area (Å²) < 4.78 is 0. The van der Waals surface area contributed by atoms with Gasteiger partial charge in [-0.05, 0) is 24.8 Å². The van der Waals surface area contributed by atoms with Crippen LogP contribution >= 0.6 is 12.6 Å². The van der Waals surface area contributed by atoms with Crippen LogP contribution in [0, 0.1) is 5.41 Å². The maximum atomic E-state index is 12.4. The number of nitrogens with one attached hydrogen (secondary N) is 4. The van der Waals surface area contributed by atoms with Gasteiger partial charge < -0.3 is 27.4 Å². The van der Waals surface area contributed by atoms with Gasteiger partial charge in [-0.1, -0.05) is 30.3 Å². The van der Waals surface area contributed by atoms with Crippen LogP contribution in [0.4, 0.5) is 0 Å². The van der Waals surface area contributed by atoms with Gasteiger partial charge in [-0.25, -0.2) is 0 Å². The van der Waals surface area contributed by atoms with Crippen molar-refractivity contribution in [1.29, 1.82) is 5.41 Å². The van der Waals surface area contributed by atoms with Gasteiger partial charge in [0.05, 0.1) is 6.04 Å². The van der Waals surface area contributed by atoms with E-state index in [1.54, 1.807) is 6.29 Å². The molecule has 8 N–H and O–H groups in total. The Balaban J connectivity index is 2.70. The van der Waals surface area contributed by atoms with Crippen LogP contribution in [0.1, 0.15) is 18.4 Å². The molecule has 0 aliphatic heterocycles. The molecule has 10 heteroatoms. The first-order chi connectivity index (χ1) is 13.4. The highest BCUT2D eigenvalue weighted by Gasteiger charge is 2.25. The van der Waals surface area contributed by atoms with E-state index in [1.807, 2.05) is 30.3 Å². The molecule has 0 heterocycles. The van der Waals surface area contributed by atoms with E-state index in [2.05, 4.69) is 28.6 Å². The van der Waals surface area contributed by atoms with E-state index in [4.69, 9.17) is 16.9 Å². The van der Waals surface area contributed by atoms with Gasteiger partial charge in [0, 0.05) is 12.3 Å². The predicted molar refractivity (Wildman–Crippen MR) is 111 cm³/mol. The number of rotatable bonds is 12. The first-order valence-electron chi connectivity index (χ1n) is 8.84. The Labute approximate surface area is 169 Å². The Morgan fingerprint density at radius 3 is 2.43 bits per heavy atom. The second-order valence-corrected chi connectivity index (χ2v) is 6.57. The van der Waals surface area contributed by atoms with E-state index < -0.39 is 29.9 Å². The fourth-order valence-corrected chi connectivity index (χ4v) is 2.59. The summed E-state index contributed by atoms with van der Waals surface area (Å²) in [5, 5.41) is 14.9. The molecule has 9 nitrogen and oxygen atoms in total. The number of hydrogen-bond acceptors (Lipinski definition) is 6. The smallest absolute Gasteiger partial charge is 0.243 e. The normalized spacial score (nSPS) is 13.6. The van der Waals surface area contributed by atoms with E-state index in [0.29, 0.717) is 19.4 Å². The third-order valence-corrected chi connectivity index (χ3v) is 4.26. The predicted octanol–water partition coefficient (Wildman–Crippen LogP) is -1.17. The standard InChI is InChI=1S/C18H27N6O3S/c19-14(9-12-5-2-1-3-6-12)16(26)24-15(7-4-8-22-18(20)21)17(27)23-13(10-25)11-28/h1-3,5-6,13-15,28H,4,7-9,11,19H2,(H,23,27)(H,24,26)(H4,20,21,22)/t13-,14+,15+/m1/s1. The Kier molecular flexibility index (Phi) is 10.7. The van der Waals surface area contributed by atoms with Gasteiger partial charge in [0.1, 0.15) is 12.1 Å². The molecule has 1 rings (SSSR count). The average molecular weight is 408 g/mol. The maximum Gasteiger partial charge on any atom is 0.243 e. The van der Waals surface area contributed by atoms with Gasteiger partial charge in [0.15, 0.2) is 5.96 Å². The molecule has 1 aromatic rings. The molecule has 0 spiro atoms. The highest BCUT2D eigenvalue weighted by atomic mass is 32.1. The Bertz CT molecular complexity index is 658. The molecule has 0 aromatic heterocycles. The number of benzene rings is 1. The molecule has 153 valence electrons. The quantitative estimate of drug-likeness (QED) is 0.0999. The van der Waals surface area contributed by atoms with Crippen LogP contribution in [0.25, 0.3) is 0 Å². The monoisotopic (exact) mass is 407 g/mol. The number of carbonyl (C=O) groups is 2. The van der Waals surface area contributed by atoms with Crippen LogP contribution in [-0.2, 0) is 20.8 Å². The zero-order valence-electron chi connectivity index (χ0n) is 15.5. The molecule has 0 saturated carbocycles. The third kappa shape index (κ3) is 8.87. The number of hydrogen-bond donors (Lipinski definition) is 7. The number of amides is 2. The van der Waals surface area contributed by atoms with Crippen molar-refractivity contribution in [2.75, 3.05) is 12.3 Å². The summed E-state index contributed by atoms with van der Waals surface area (Å²) in [5.74, 6) is -1.08. The first-order valence-corrected chi connectivity index (χ1v) is 9.47. The van der Waals surface area contributed by atoms with Gasteiger partial charge >= 0.3 is 0 Å². The Morgan fingerprint density at radius 1 is 1.18 bits per heavy atom. The van der Waals surface area contributed by atoms with Crippen molar-refractivity contribution in [3.8, 4) is 0 Å². The second kappa shape index (κ2) is 12.7. The van der Waals surface area contributed by atoms with Crippen LogP contribution in [0.2, 0.25) is 0 Å². The van der Waals surface area contributed by atoms with Gasteiger partial charge in [-0.3, -0.25) is 19.8 Å². The summed E-state index contributed by atoms with van der Waals surface area (Å²) in [4.78, 5) is 35.7. The average Bonchev–Trinajstić information content (AvgIpc) is 2.68.